The Balaban J connectivity index is 2.25. The summed E-state index contributed by atoms with van der Waals surface area (Å²) in [5.74, 6) is -1.43. The van der Waals surface area contributed by atoms with Gasteiger partial charge >= 0.3 is 12.1 Å². The van der Waals surface area contributed by atoms with E-state index in [2.05, 4.69) is 5.32 Å². The van der Waals surface area contributed by atoms with Crippen LogP contribution in [0.5, 0.6) is 0 Å². The first-order valence-corrected chi connectivity index (χ1v) is 8.23. The van der Waals surface area contributed by atoms with Crippen molar-refractivity contribution < 1.29 is 24.5 Å². The summed E-state index contributed by atoms with van der Waals surface area (Å²) in [6.45, 7) is 5.09. The van der Waals surface area contributed by atoms with E-state index in [1.165, 1.54) is 0 Å². The van der Waals surface area contributed by atoms with E-state index in [9.17, 15) is 14.7 Å². The molecule has 0 saturated carbocycles. The summed E-state index contributed by atoms with van der Waals surface area (Å²) in [4.78, 5) is 23.2. The van der Waals surface area contributed by atoms with E-state index in [0.717, 1.165) is 11.1 Å². The predicted octanol–water partition coefficient (Wildman–Crippen LogP) is 3.36. The lowest BCUT2D eigenvalue weighted by molar-refractivity contribution is -0.148. The molecule has 138 valence electrons. The van der Waals surface area contributed by atoms with Crippen LogP contribution < -0.4 is 5.32 Å². The summed E-state index contributed by atoms with van der Waals surface area (Å²) in [5.41, 5.74) is 1.68. The molecule has 3 N–H and O–H groups in total. The average molecular weight is 357 g/mol. The second kappa shape index (κ2) is 8.01. The first-order valence-electron chi connectivity index (χ1n) is 8.23. The van der Waals surface area contributed by atoms with Crippen LogP contribution in [-0.4, -0.2) is 34.0 Å². The van der Waals surface area contributed by atoms with E-state index < -0.39 is 29.8 Å². The topological polar surface area (TPSA) is 95.9 Å². The Kier molecular flexibility index (Phi) is 6.00. The van der Waals surface area contributed by atoms with Gasteiger partial charge in [-0.25, -0.2) is 9.59 Å². The predicted molar refractivity (Wildman–Crippen MR) is 97.6 cm³/mol. The number of ether oxygens (including phenoxy) is 1. The van der Waals surface area contributed by atoms with Gasteiger partial charge in [0.2, 0.25) is 0 Å². The second-order valence-corrected chi connectivity index (χ2v) is 6.90. The number of benzene rings is 2. The molecule has 0 unspecified atom stereocenters. The molecule has 0 aromatic heterocycles. The average Bonchev–Trinajstić information content (AvgIpc) is 2.58. The van der Waals surface area contributed by atoms with Crippen molar-refractivity contribution in [1.29, 1.82) is 0 Å². The molecule has 0 aliphatic heterocycles. The molecule has 26 heavy (non-hydrogen) atoms. The molecule has 0 saturated heterocycles. The van der Waals surface area contributed by atoms with Crippen LogP contribution in [0.1, 0.15) is 32.4 Å². The summed E-state index contributed by atoms with van der Waals surface area (Å²) >= 11 is 0. The Bertz CT molecular complexity index is 750. The molecule has 6 nitrogen and oxygen atoms in total. The maximum atomic E-state index is 12.0. The maximum Gasteiger partial charge on any atom is 0.408 e. The van der Waals surface area contributed by atoms with Crippen LogP contribution in [0.15, 0.2) is 54.6 Å². The van der Waals surface area contributed by atoms with Crippen molar-refractivity contribution in [2.75, 3.05) is 0 Å². The Morgan fingerprint density at radius 1 is 0.962 bits per heavy atom. The van der Waals surface area contributed by atoms with Crippen LogP contribution in [0.4, 0.5) is 4.79 Å². The number of amides is 1. The molecule has 2 aromatic rings. The number of hydrogen-bond acceptors (Lipinski definition) is 4. The minimum Gasteiger partial charge on any atom is -0.479 e. The molecule has 0 radical (unpaired) electrons. The number of nitrogens with one attached hydrogen (secondary N) is 1. The summed E-state index contributed by atoms with van der Waals surface area (Å²) in [7, 11) is 0. The van der Waals surface area contributed by atoms with Crippen molar-refractivity contribution in [3.05, 3.63) is 60.2 Å². The number of rotatable bonds is 5. The fraction of sp³-hybridized carbons (Fsp3) is 0.300. The minimum atomic E-state index is -1.80. The van der Waals surface area contributed by atoms with Gasteiger partial charge in [0, 0.05) is 0 Å². The highest BCUT2D eigenvalue weighted by atomic mass is 16.6. The molecule has 1 amide bonds. The fourth-order valence-corrected chi connectivity index (χ4v) is 2.44. The van der Waals surface area contributed by atoms with E-state index in [1.807, 2.05) is 42.5 Å². The smallest absolute Gasteiger partial charge is 0.408 e. The molecule has 6 heteroatoms. The highest BCUT2D eigenvalue weighted by Crippen LogP contribution is 2.24. The molecule has 0 spiro atoms. The van der Waals surface area contributed by atoms with Gasteiger partial charge in [-0.05, 0) is 37.5 Å². The Hall–Kier alpha value is -2.86. The number of aliphatic hydroxyl groups excluding tert-OH is 1. The van der Waals surface area contributed by atoms with Gasteiger partial charge in [-0.3, -0.25) is 0 Å². The first kappa shape index (κ1) is 19.5. The lowest BCUT2D eigenvalue weighted by Gasteiger charge is -2.25. The van der Waals surface area contributed by atoms with Gasteiger partial charge < -0.3 is 20.3 Å². The zero-order valence-electron chi connectivity index (χ0n) is 15.0. The van der Waals surface area contributed by atoms with Crippen molar-refractivity contribution >= 4 is 12.1 Å². The van der Waals surface area contributed by atoms with Crippen molar-refractivity contribution in [1.82, 2.24) is 5.32 Å². The molecule has 2 atom stereocenters. The SMILES string of the molecule is CC(C)(C)OC(=O)N[C@@H](c1ccc(-c2ccccc2)cc1)[C@@H](O)C(=O)O. The third-order valence-corrected chi connectivity index (χ3v) is 3.62. The number of carbonyl (C=O) groups is 2. The molecular formula is C20H23NO5. The van der Waals surface area contributed by atoms with Crippen molar-refractivity contribution in [2.45, 2.75) is 38.5 Å². The van der Waals surface area contributed by atoms with E-state index in [4.69, 9.17) is 9.84 Å². The van der Waals surface area contributed by atoms with Gasteiger partial charge in [0.05, 0.1) is 6.04 Å². The van der Waals surface area contributed by atoms with E-state index >= 15 is 0 Å². The molecule has 2 rings (SSSR count). The van der Waals surface area contributed by atoms with E-state index in [1.54, 1.807) is 32.9 Å². The zero-order chi connectivity index (χ0) is 19.3. The fourth-order valence-electron chi connectivity index (χ4n) is 2.44. The van der Waals surface area contributed by atoms with Gasteiger partial charge in [0.25, 0.3) is 0 Å². The molecule has 0 fully saturated rings. The summed E-state index contributed by atoms with van der Waals surface area (Å²) < 4.78 is 5.16. The largest absolute Gasteiger partial charge is 0.479 e. The Morgan fingerprint density at radius 2 is 1.50 bits per heavy atom. The highest BCUT2D eigenvalue weighted by molar-refractivity contribution is 5.76. The monoisotopic (exact) mass is 357 g/mol. The Labute approximate surface area is 152 Å². The number of carbonyl (C=O) groups excluding carboxylic acids is 1. The molecule has 2 aromatic carbocycles. The van der Waals surface area contributed by atoms with Crippen LogP contribution >= 0.6 is 0 Å². The molecule has 0 heterocycles. The van der Waals surface area contributed by atoms with Gasteiger partial charge in [0.15, 0.2) is 6.10 Å². The van der Waals surface area contributed by atoms with E-state index in [0.29, 0.717) is 5.56 Å². The number of carboxylic acids is 1. The van der Waals surface area contributed by atoms with Crippen LogP contribution in [0, 0.1) is 0 Å². The Morgan fingerprint density at radius 3 is 2.00 bits per heavy atom. The van der Waals surface area contributed by atoms with Crippen LogP contribution in [-0.2, 0) is 9.53 Å². The quantitative estimate of drug-likeness (QED) is 0.762. The highest BCUT2D eigenvalue weighted by Gasteiger charge is 2.30. The van der Waals surface area contributed by atoms with Crippen LogP contribution in [0.2, 0.25) is 0 Å². The third kappa shape index (κ3) is 5.32. The van der Waals surface area contributed by atoms with Crippen molar-refractivity contribution in [3.8, 4) is 11.1 Å². The van der Waals surface area contributed by atoms with E-state index in [-0.39, 0.29) is 0 Å². The number of carboxylic acid groups (broad SMARTS) is 1. The van der Waals surface area contributed by atoms with Gasteiger partial charge in [-0.1, -0.05) is 54.6 Å². The summed E-state index contributed by atoms with van der Waals surface area (Å²) in [6, 6.07) is 15.5. The van der Waals surface area contributed by atoms with Crippen LogP contribution in [0.25, 0.3) is 11.1 Å². The molecule has 0 aliphatic carbocycles. The molecular weight excluding hydrogens is 334 g/mol. The van der Waals surface area contributed by atoms with Gasteiger partial charge in [-0.15, -0.1) is 0 Å². The number of hydrogen-bond donors (Lipinski definition) is 3. The second-order valence-electron chi connectivity index (χ2n) is 6.90. The van der Waals surface area contributed by atoms with Crippen molar-refractivity contribution in [3.63, 3.8) is 0 Å². The van der Waals surface area contributed by atoms with Crippen molar-refractivity contribution in [2.24, 2.45) is 0 Å². The zero-order valence-corrected chi connectivity index (χ0v) is 15.0. The third-order valence-electron chi connectivity index (χ3n) is 3.62. The standard InChI is InChI=1S/C20H23NO5/c1-20(2,3)26-19(25)21-16(17(22)18(23)24)15-11-9-14(10-12-15)13-7-5-4-6-8-13/h4-12,16-17,22H,1-3H3,(H,21,25)(H,23,24)/t16-,17+/m0/s1. The lowest BCUT2D eigenvalue weighted by Crippen LogP contribution is -2.42. The van der Waals surface area contributed by atoms with Gasteiger partial charge in [-0.2, -0.15) is 0 Å². The summed E-state index contributed by atoms with van der Waals surface area (Å²) in [6.07, 6.45) is -2.60. The number of aliphatic hydroxyl groups is 1. The molecule has 0 bridgehead atoms. The number of aliphatic carboxylic acids is 1. The lowest BCUT2D eigenvalue weighted by atomic mass is 9.98. The first-order chi connectivity index (χ1) is 12.2. The summed E-state index contributed by atoms with van der Waals surface area (Å²) in [5, 5.41) is 21.6. The molecule has 0 aliphatic rings. The minimum absolute atomic E-state index is 0.463. The van der Waals surface area contributed by atoms with Crippen LogP contribution in [0.3, 0.4) is 0 Å². The maximum absolute atomic E-state index is 12.0. The number of alkyl carbamates (subject to hydrolysis) is 1. The normalized spacial score (nSPS) is 13.5. The van der Waals surface area contributed by atoms with Gasteiger partial charge in [0.1, 0.15) is 5.60 Å².